The van der Waals surface area contributed by atoms with Gasteiger partial charge in [0.15, 0.2) is 0 Å². The van der Waals surface area contributed by atoms with E-state index in [1.54, 1.807) is 50.2 Å². The van der Waals surface area contributed by atoms with E-state index >= 15 is 0 Å². The maximum atomic E-state index is 13.3. The predicted molar refractivity (Wildman–Crippen MR) is 223 cm³/mol. The smallest absolute Gasteiger partial charge is 0.262 e. The summed E-state index contributed by atoms with van der Waals surface area (Å²) in [5, 5.41) is 3.61. The van der Waals surface area contributed by atoms with Crippen molar-refractivity contribution in [2.75, 3.05) is 65.9 Å². The summed E-state index contributed by atoms with van der Waals surface area (Å²) in [6.07, 6.45) is 7.93. The molecular formula is C45H51N7O8. The number of fused-ring (bicyclic) bond motifs is 2. The summed E-state index contributed by atoms with van der Waals surface area (Å²) < 4.78 is 19.9. The third-order valence-electron chi connectivity index (χ3n) is 13.3. The Morgan fingerprint density at radius 3 is 2.23 bits per heavy atom. The zero-order valence-electron chi connectivity index (χ0n) is 34.8. The molecule has 1 saturated carbocycles. The molecule has 9 rings (SSSR count). The number of carbonyl (C=O) groups is 4. The molecule has 0 radical (unpaired) electrons. The van der Waals surface area contributed by atoms with Gasteiger partial charge in [0, 0.05) is 77.1 Å². The molecule has 5 aliphatic rings. The normalized spacial score (nSPS) is 20.9. The highest BCUT2D eigenvalue weighted by molar-refractivity contribution is 6.23. The maximum absolute atomic E-state index is 13.3. The Morgan fingerprint density at radius 1 is 0.867 bits per heavy atom. The standard InChI is InChI=1S/C45H51N7O8/c1-48(2)39-17-31-33(20-46-39)42(55)49(3)24-34(31)27-14-37(58-4)35(38(15-27)59-5)25-51-22-26(23-51)21-50-12-10-45(11-13-50)18-29(19-45)60-28-6-7-30-32(16-28)44(57)52(43(30)56)36-8-9-40(53)47-41(36)54/h6-7,14-17,20,24,26,29,36H,8-13,18-19,21-23,25H2,1-5H3,(H,47,53,54). The fourth-order valence-corrected chi connectivity index (χ4v) is 9.95. The molecule has 2 aromatic heterocycles. The Labute approximate surface area is 348 Å². The molecule has 4 amide bonds. The number of hydrogen-bond acceptors (Lipinski definition) is 12. The van der Waals surface area contributed by atoms with Crippen LogP contribution < -0.4 is 30.0 Å². The summed E-state index contributed by atoms with van der Waals surface area (Å²) in [4.78, 5) is 75.9. The Morgan fingerprint density at radius 2 is 1.57 bits per heavy atom. The van der Waals surface area contributed by atoms with Gasteiger partial charge < -0.3 is 28.6 Å². The van der Waals surface area contributed by atoms with Crippen LogP contribution >= 0.6 is 0 Å². The maximum Gasteiger partial charge on any atom is 0.262 e. The van der Waals surface area contributed by atoms with Gasteiger partial charge in [0.25, 0.3) is 17.4 Å². The van der Waals surface area contributed by atoms with E-state index in [-0.39, 0.29) is 41.0 Å². The average molecular weight is 818 g/mol. The lowest BCUT2D eigenvalue weighted by Crippen LogP contribution is -2.55. The zero-order chi connectivity index (χ0) is 42.0. The number of nitrogens with zero attached hydrogens (tertiary/aromatic N) is 6. The van der Waals surface area contributed by atoms with Gasteiger partial charge in [-0.1, -0.05) is 0 Å². The first kappa shape index (κ1) is 39.6. The molecule has 1 N–H and O–H groups in total. The third-order valence-corrected chi connectivity index (χ3v) is 13.3. The number of benzene rings is 2. The molecule has 4 fully saturated rings. The van der Waals surface area contributed by atoms with Crippen LogP contribution in [-0.4, -0.2) is 121 Å². The second-order valence-corrected chi connectivity index (χ2v) is 17.5. The molecule has 15 heteroatoms. The Kier molecular flexibility index (Phi) is 10.1. The van der Waals surface area contributed by atoms with Crippen molar-refractivity contribution in [1.82, 2.24) is 29.6 Å². The van der Waals surface area contributed by atoms with E-state index in [2.05, 4.69) is 20.1 Å². The number of carbonyl (C=O) groups excluding carboxylic acids is 4. The van der Waals surface area contributed by atoms with Crippen LogP contribution in [0.2, 0.25) is 0 Å². The fraction of sp³-hybridized carbons (Fsp3) is 0.467. The van der Waals surface area contributed by atoms with Crippen LogP contribution in [0.15, 0.2) is 53.6 Å². The summed E-state index contributed by atoms with van der Waals surface area (Å²) in [5.41, 5.74) is 3.46. The first-order valence-corrected chi connectivity index (χ1v) is 20.7. The van der Waals surface area contributed by atoms with Crippen LogP contribution in [0.5, 0.6) is 17.2 Å². The zero-order valence-corrected chi connectivity index (χ0v) is 34.8. The quantitative estimate of drug-likeness (QED) is 0.219. The molecule has 6 heterocycles. The molecule has 3 saturated heterocycles. The van der Waals surface area contributed by atoms with Crippen molar-refractivity contribution in [3.05, 3.63) is 75.8 Å². The molecular weight excluding hydrogens is 767 g/mol. The second kappa shape index (κ2) is 15.3. The molecule has 60 heavy (non-hydrogen) atoms. The topological polar surface area (TPSA) is 156 Å². The van der Waals surface area contributed by atoms with E-state index in [1.165, 1.54) is 0 Å². The van der Waals surface area contributed by atoms with Crippen molar-refractivity contribution in [1.29, 1.82) is 0 Å². The molecule has 4 aromatic rings. The molecule has 1 spiro atoms. The Hall–Kier alpha value is -5.80. The number of ether oxygens (including phenoxy) is 3. The van der Waals surface area contributed by atoms with Gasteiger partial charge in [0.05, 0.1) is 42.4 Å². The third kappa shape index (κ3) is 7.06. The van der Waals surface area contributed by atoms with Crippen molar-refractivity contribution in [2.45, 2.75) is 57.2 Å². The number of aromatic nitrogens is 2. The lowest BCUT2D eigenvalue weighted by molar-refractivity contribution is -0.136. The summed E-state index contributed by atoms with van der Waals surface area (Å²) in [5.74, 6) is 1.34. The number of amides is 4. The van der Waals surface area contributed by atoms with Crippen LogP contribution in [0.3, 0.4) is 0 Å². The van der Waals surface area contributed by atoms with Crippen LogP contribution in [0, 0.1) is 11.3 Å². The fourth-order valence-electron chi connectivity index (χ4n) is 9.95. The minimum atomic E-state index is -0.990. The van der Waals surface area contributed by atoms with Gasteiger partial charge in [0.2, 0.25) is 11.8 Å². The van der Waals surface area contributed by atoms with Crippen molar-refractivity contribution < 1.29 is 33.4 Å². The van der Waals surface area contributed by atoms with Gasteiger partial charge in [0.1, 0.15) is 29.1 Å². The Balaban J connectivity index is 0.769. The van der Waals surface area contributed by atoms with Crippen LogP contribution in [0.1, 0.15) is 64.8 Å². The van der Waals surface area contributed by atoms with E-state index in [9.17, 15) is 24.0 Å². The number of nitrogens with one attached hydrogen (secondary N) is 1. The van der Waals surface area contributed by atoms with Crippen molar-refractivity contribution in [3.63, 3.8) is 0 Å². The molecule has 2 aromatic carbocycles. The highest BCUT2D eigenvalue weighted by atomic mass is 16.5. The van der Waals surface area contributed by atoms with Crippen molar-refractivity contribution in [3.8, 4) is 28.4 Å². The number of hydrogen-bond donors (Lipinski definition) is 1. The monoisotopic (exact) mass is 817 g/mol. The van der Waals surface area contributed by atoms with Crippen LogP contribution in [0.25, 0.3) is 21.9 Å². The van der Waals surface area contributed by atoms with Crippen LogP contribution in [-0.2, 0) is 23.2 Å². The number of piperidine rings is 2. The summed E-state index contributed by atoms with van der Waals surface area (Å²) >= 11 is 0. The first-order chi connectivity index (χ1) is 28.8. The molecule has 0 bridgehead atoms. The molecule has 1 atom stereocenters. The lowest BCUT2D eigenvalue weighted by Gasteiger charge is -2.52. The highest BCUT2D eigenvalue weighted by Gasteiger charge is 2.48. The van der Waals surface area contributed by atoms with E-state index in [0.717, 1.165) is 103 Å². The molecule has 314 valence electrons. The SMILES string of the molecule is COc1cc(-c2cn(C)c(=O)c3cnc(N(C)C)cc23)cc(OC)c1CN1CC(CN2CCC3(CC2)CC(Oc2ccc4c(c2)C(=O)N(C2CCC(=O)NC2=O)C4=O)C3)C1. The predicted octanol–water partition coefficient (Wildman–Crippen LogP) is 3.84. The van der Waals surface area contributed by atoms with Gasteiger partial charge in [-0.2, -0.15) is 0 Å². The van der Waals surface area contributed by atoms with E-state index in [1.807, 2.05) is 43.4 Å². The minimum absolute atomic E-state index is 0.0465. The summed E-state index contributed by atoms with van der Waals surface area (Å²) in [6.45, 7) is 5.90. The van der Waals surface area contributed by atoms with Crippen molar-refractivity contribution in [2.24, 2.45) is 18.4 Å². The largest absolute Gasteiger partial charge is 0.496 e. The lowest BCUT2D eigenvalue weighted by atomic mass is 9.61. The Bertz CT molecular complexity index is 2450. The van der Waals surface area contributed by atoms with Gasteiger partial charge in [-0.05, 0) is 98.5 Å². The highest BCUT2D eigenvalue weighted by Crippen LogP contribution is 2.51. The van der Waals surface area contributed by atoms with E-state index < -0.39 is 29.7 Å². The number of rotatable bonds is 11. The van der Waals surface area contributed by atoms with Crippen molar-refractivity contribution >= 4 is 40.2 Å². The van der Waals surface area contributed by atoms with Gasteiger partial charge >= 0.3 is 0 Å². The molecule has 15 nitrogen and oxygen atoms in total. The van der Waals surface area contributed by atoms with Crippen LogP contribution in [0.4, 0.5) is 5.82 Å². The van der Waals surface area contributed by atoms with Gasteiger partial charge in [-0.25, -0.2) is 4.98 Å². The van der Waals surface area contributed by atoms with E-state index in [4.69, 9.17) is 14.2 Å². The molecule has 4 aliphatic heterocycles. The van der Waals surface area contributed by atoms with Gasteiger partial charge in [-0.15, -0.1) is 0 Å². The van der Waals surface area contributed by atoms with E-state index in [0.29, 0.717) is 23.6 Å². The molecule has 1 aliphatic carbocycles. The number of likely N-dealkylation sites (tertiary alicyclic amines) is 2. The number of methoxy groups -OCH3 is 2. The first-order valence-electron chi connectivity index (χ1n) is 20.7. The average Bonchev–Trinajstić information content (AvgIpc) is 3.45. The number of imide groups is 2. The number of aryl methyl sites for hydroxylation is 1. The number of pyridine rings is 2. The molecule has 1 unspecified atom stereocenters. The number of anilines is 1. The van der Waals surface area contributed by atoms with Gasteiger partial charge in [-0.3, -0.25) is 39.1 Å². The summed E-state index contributed by atoms with van der Waals surface area (Å²) in [6, 6.07) is 9.99. The second-order valence-electron chi connectivity index (χ2n) is 17.5. The summed E-state index contributed by atoms with van der Waals surface area (Å²) in [7, 11) is 8.99. The minimum Gasteiger partial charge on any atom is -0.496 e.